The Morgan fingerprint density at radius 2 is 2.00 bits per heavy atom. The number of carbonyl (C=O) groups excluding carboxylic acids is 1. The zero-order valence-corrected chi connectivity index (χ0v) is 17.8. The van der Waals surface area contributed by atoms with Crippen LogP contribution in [0.25, 0.3) is 0 Å². The van der Waals surface area contributed by atoms with Gasteiger partial charge >= 0.3 is 0 Å². The Kier molecular flexibility index (Phi) is 8.35. The monoisotopic (exact) mass is 556 g/mol. The van der Waals surface area contributed by atoms with E-state index in [4.69, 9.17) is 14.7 Å². The Labute approximate surface area is 176 Å². The number of methoxy groups -OCH3 is 1. The first-order chi connectivity index (χ1) is 12.8. The maximum atomic E-state index is 14.1. The molecule has 10 heteroatoms. The molecule has 1 unspecified atom stereocenters. The zero-order chi connectivity index (χ0) is 20.0. The number of hydrogen-bond acceptors (Lipinski definition) is 5. The molecule has 0 spiro atoms. The Hall–Kier alpha value is -1.34. The molecule has 1 atom stereocenters. The van der Waals surface area contributed by atoms with Crippen LogP contribution < -0.4 is 10.8 Å². The fraction of sp³-hybridized carbons (Fsp3) is 0.235. The first kappa shape index (κ1) is 22.0. The number of ether oxygens (including phenoxy) is 1. The maximum Gasteiger partial charge on any atom is 0.276 e. The van der Waals surface area contributed by atoms with E-state index in [1.807, 2.05) is 22.6 Å². The van der Waals surface area contributed by atoms with Gasteiger partial charge < -0.3 is 15.2 Å². The molecule has 1 amide bonds. The minimum atomic E-state index is -0.683. The SMILES string of the molecule is COC(CO)CONC(=O)c1cc(Br)c(F)cc1Nc1ccc(I)cc1F. The molecule has 0 aliphatic carbocycles. The molecule has 3 N–H and O–H groups in total. The van der Waals surface area contributed by atoms with Gasteiger partial charge in [0.05, 0.1) is 28.0 Å². The maximum absolute atomic E-state index is 14.1. The van der Waals surface area contributed by atoms with Crippen LogP contribution in [-0.4, -0.2) is 37.4 Å². The summed E-state index contributed by atoms with van der Waals surface area (Å²) in [7, 11) is 1.39. The molecule has 0 aromatic heterocycles. The number of anilines is 2. The van der Waals surface area contributed by atoms with Gasteiger partial charge in [-0.1, -0.05) is 0 Å². The summed E-state index contributed by atoms with van der Waals surface area (Å²) in [4.78, 5) is 17.4. The van der Waals surface area contributed by atoms with E-state index in [-0.39, 0.29) is 34.6 Å². The van der Waals surface area contributed by atoms with Crippen LogP contribution in [0, 0.1) is 15.2 Å². The lowest BCUT2D eigenvalue weighted by Crippen LogP contribution is -2.31. The highest BCUT2D eigenvalue weighted by Crippen LogP contribution is 2.29. The molecular formula is C17H16BrF2IN2O4. The van der Waals surface area contributed by atoms with Crippen LogP contribution in [0.4, 0.5) is 20.2 Å². The van der Waals surface area contributed by atoms with Gasteiger partial charge in [-0.3, -0.25) is 9.63 Å². The van der Waals surface area contributed by atoms with E-state index < -0.39 is 23.6 Å². The molecule has 0 aliphatic rings. The summed E-state index contributed by atoms with van der Waals surface area (Å²) >= 11 is 4.98. The molecule has 0 aliphatic heterocycles. The lowest BCUT2D eigenvalue weighted by molar-refractivity contribution is -0.0469. The third-order valence-corrected chi connectivity index (χ3v) is 4.76. The molecule has 2 aromatic rings. The van der Waals surface area contributed by atoms with Crippen molar-refractivity contribution in [3.63, 3.8) is 0 Å². The van der Waals surface area contributed by atoms with Crippen molar-refractivity contribution >= 4 is 55.8 Å². The zero-order valence-electron chi connectivity index (χ0n) is 14.1. The van der Waals surface area contributed by atoms with Gasteiger partial charge in [-0.15, -0.1) is 0 Å². The Morgan fingerprint density at radius 3 is 2.63 bits per heavy atom. The summed E-state index contributed by atoms with van der Waals surface area (Å²) < 4.78 is 33.7. The number of carbonyl (C=O) groups is 1. The molecular weight excluding hydrogens is 541 g/mol. The quantitative estimate of drug-likeness (QED) is 0.341. The second-order valence-electron chi connectivity index (χ2n) is 5.34. The Morgan fingerprint density at radius 1 is 1.26 bits per heavy atom. The molecule has 2 rings (SSSR count). The standard InChI is InChI=1S/C17H16BrF2IN2O4/c1-26-10(7-24)8-27-23-17(25)11-5-12(18)13(19)6-16(11)22-15-3-2-9(21)4-14(15)20/h2-6,10,22,24H,7-8H2,1H3,(H,23,25). The van der Waals surface area contributed by atoms with E-state index in [9.17, 15) is 13.6 Å². The smallest absolute Gasteiger partial charge is 0.276 e. The number of aliphatic hydroxyl groups is 1. The fourth-order valence-corrected chi connectivity index (χ4v) is 2.82. The summed E-state index contributed by atoms with van der Waals surface area (Å²) in [6.07, 6.45) is -0.608. The van der Waals surface area contributed by atoms with Crippen molar-refractivity contribution in [1.29, 1.82) is 0 Å². The summed E-state index contributed by atoms with van der Waals surface area (Å²) in [5.41, 5.74) is 2.36. The number of amides is 1. The van der Waals surface area contributed by atoms with Crippen LogP contribution in [0.15, 0.2) is 34.8 Å². The molecule has 0 heterocycles. The molecule has 27 heavy (non-hydrogen) atoms. The van der Waals surface area contributed by atoms with Crippen molar-refractivity contribution in [3.8, 4) is 0 Å². The van der Waals surface area contributed by atoms with Crippen LogP contribution in [0.5, 0.6) is 0 Å². The summed E-state index contributed by atoms with van der Waals surface area (Å²) in [6.45, 7) is -0.372. The largest absolute Gasteiger partial charge is 0.394 e. The number of nitrogens with one attached hydrogen (secondary N) is 2. The van der Waals surface area contributed by atoms with Crippen LogP contribution in [0.2, 0.25) is 0 Å². The highest BCUT2D eigenvalue weighted by atomic mass is 127. The fourth-order valence-electron chi connectivity index (χ4n) is 2.02. The van der Waals surface area contributed by atoms with E-state index in [2.05, 4.69) is 26.7 Å². The average molecular weight is 557 g/mol. The van der Waals surface area contributed by atoms with Gasteiger partial charge in [0.25, 0.3) is 5.91 Å². The lowest BCUT2D eigenvalue weighted by atomic mass is 10.1. The highest BCUT2D eigenvalue weighted by molar-refractivity contribution is 14.1. The summed E-state index contributed by atoms with van der Waals surface area (Å²) in [5.74, 6) is -1.85. The predicted octanol–water partition coefficient (Wildman–Crippen LogP) is 3.74. The van der Waals surface area contributed by atoms with E-state index >= 15 is 0 Å². The van der Waals surface area contributed by atoms with Crippen molar-refractivity contribution in [2.75, 3.05) is 25.6 Å². The third kappa shape index (κ3) is 6.07. The van der Waals surface area contributed by atoms with Crippen molar-refractivity contribution in [2.24, 2.45) is 0 Å². The van der Waals surface area contributed by atoms with Crippen LogP contribution in [-0.2, 0) is 9.57 Å². The minimum Gasteiger partial charge on any atom is -0.394 e. The first-order valence-corrected chi connectivity index (χ1v) is 9.49. The summed E-state index contributed by atoms with van der Waals surface area (Å²) in [6, 6.07) is 6.78. The molecule has 0 fully saturated rings. The van der Waals surface area contributed by atoms with E-state index in [0.717, 1.165) is 6.07 Å². The van der Waals surface area contributed by atoms with Gasteiger partial charge in [0.2, 0.25) is 0 Å². The molecule has 2 aromatic carbocycles. The van der Waals surface area contributed by atoms with Crippen molar-refractivity contribution in [1.82, 2.24) is 5.48 Å². The second-order valence-corrected chi connectivity index (χ2v) is 7.44. The first-order valence-electron chi connectivity index (χ1n) is 7.62. The topological polar surface area (TPSA) is 79.8 Å². The minimum absolute atomic E-state index is 0.0270. The van der Waals surface area contributed by atoms with Gasteiger partial charge in [-0.2, -0.15) is 0 Å². The number of rotatable bonds is 8. The van der Waals surface area contributed by atoms with Gasteiger partial charge in [0.1, 0.15) is 24.3 Å². The van der Waals surface area contributed by atoms with Crippen LogP contribution >= 0.6 is 38.5 Å². The number of benzene rings is 2. The van der Waals surface area contributed by atoms with Gasteiger partial charge in [0, 0.05) is 10.7 Å². The van der Waals surface area contributed by atoms with E-state index in [1.165, 1.54) is 25.3 Å². The molecule has 0 bridgehead atoms. The molecule has 146 valence electrons. The summed E-state index contributed by atoms with van der Waals surface area (Å²) in [5, 5.41) is 11.7. The number of hydrogen-bond donors (Lipinski definition) is 3. The van der Waals surface area contributed by atoms with Gasteiger partial charge in [0.15, 0.2) is 0 Å². The molecule has 0 saturated heterocycles. The van der Waals surface area contributed by atoms with Crippen molar-refractivity contribution in [2.45, 2.75) is 6.10 Å². The van der Waals surface area contributed by atoms with Crippen LogP contribution in [0.3, 0.4) is 0 Å². The van der Waals surface area contributed by atoms with Crippen LogP contribution in [0.1, 0.15) is 10.4 Å². The third-order valence-electron chi connectivity index (χ3n) is 3.48. The van der Waals surface area contributed by atoms with Gasteiger partial charge in [-0.05, 0) is 68.9 Å². The molecule has 0 saturated carbocycles. The van der Waals surface area contributed by atoms with Gasteiger partial charge in [-0.25, -0.2) is 14.3 Å². The van der Waals surface area contributed by atoms with Crippen molar-refractivity contribution < 1.29 is 28.3 Å². The normalized spacial score (nSPS) is 11.9. The number of hydroxylamine groups is 1. The lowest BCUT2D eigenvalue weighted by Gasteiger charge is -2.15. The van der Waals surface area contributed by atoms with E-state index in [0.29, 0.717) is 3.57 Å². The number of aliphatic hydroxyl groups excluding tert-OH is 1. The molecule has 6 nitrogen and oxygen atoms in total. The number of halogens is 4. The van der Waals surface area contributed by atoms with Crippen molar-refractivity contribution in [3.05, 3.63) is 55.6 Å². The Balaban J connectivity index is 2.22. The van der Waals surface area contributed by atoms with E-state index in [1.54, 1.807) is 6.07 Å². The highest BCUT2D eigenvalue weighted by Gasteiger charge is 2.17. The second kappa shape index (κ2) is 10.3. The average Bonchev–Trinajstić information content (AvgIpc) is 2.63. The predicted molar refractivity (Wildman–Crippen MR) is 108 cm³/mol. The Bertz CT molecular complexity index is 822. The molecule has 0 radical (unpaired) electrons.